The first-order valence-electron chi connectivity index (χ1n) is 3.80. The molecule has 72 valence electrons. The summed E-state index contributed by atoms with van der Waals surface area (Å²) in [5.74, 6) is 0.773. The maximum Gasteiger partial charge on any atom is 0.166 e. The van der Waals surface area contributed by atoms with Crippen LogP contribution in [0.4, 0.5) is 5.69 Å². The van der Waals surface area contributed by atoms with Crippen molar-refractivity contribution in [1.29, 1.82) is 0 Å². The van der Waals surface area contributed by atoms with Crippen LogP contribution in [0.15, 0.2) is 45.7 Å². The third-order valence-electron chi connectivity index (χ3n) is 1.45. The molecule has 2 rings (SSSR count). The van der Waals surface area contributed by atoms with Gasteiger partial charge < -0.3 is 4.72 Å². The highest BCUT2D eigenvalue weighted by Gasteiger charge is 2.01. The molecule has 0 atom stereocenters. The van der Waals surface area contributed by atoms with E-state index < -0.39 is 0 Å². The van der Waals surface area contributed by atoms with E-state index in [1.54, 1.807) is 22.9 Å². The van der Waals surface area contributed by atoms with Gasteiger partial charge in [-0.25, -0.2) is 0 Å². The van der Waals surface area contributed by atoms with Crippen LogP contribution in [-0.4, -0.2) is 0 Å². The zero-order chi connectivity index (χ0) is 9.80. The molecule has 0 unspecified atom stereocenters. The maximum atomic E-state index is 5.74. The second-order valence-electron chi connectivity index (χ2n) is 2.46. The number of benzene rings is 1. The minimum atomic E-state index is 0.702. The highest BCUT2D eigenvalue weighted by molar-refractivity contribution is 8.77. The van der Waals surface area contributed by atoms with E-state index in [1.165, 1.54) is 11.0 Å². The van der Waals surface area contributed by atoms with Gasteiger partial charge in [-0.3, -0.25) is 0 Å². The SMILES string of the molecule is Clc1ccc(N=NC2=CSSN2)cc1. The molecule has 1 aliphatic rings. The Morgan fingerprint density at radius 3 is 2.57 bits per heavy atom. The summed E-state index contributed by atoms with van der Waals surface area (Å²) < 4.78 is 2.99. The molecule has 6 heteroatoms. The summed E-state index contributed by atoms with van der Waals surface area (Å²) in [5.41, 5.74) is 0.791. The molecule has 0 saturated carbocycles. The van der Waals surface area contributed by atoms with Gasteiger partial charge in [0.1, 0.15) is 0 Å². The Hall–Kier alpha value is -0.650. The molecule has 1 N–H and O–H groups in total. The van der Waals surface area contributed by atoms with Crippen LogP contribution in [0.25, 0.3) is 0 Å². The molecule has 0 aliphatic carbocycles. The van der Waals surface area contributed by atoms with E-state index in [1.807, 2.05) is 17.5 Å². The molecule has 0 radical (unpaired) electrons. The van der Waals surface area contributed by atoms with Crippen molar-refractivity contribution in [3.63, 3.8) is 0 Å². The Kier molecular flexibility index (Phi) is 3.34. The van der Waals surface area contributed by atoms with Crippen LogP contribution >= 0.6 is 33.4 Å². The number of hydrogen-bond donors (Lipinski definition) is 1. The highest BCUT2D eigenvalue weighted by Crippen LogP contribution is 2.29. The number of hydrogen-bond acceptors (Lipinski definition) is 5. The summed E-state index contributed by atoms with van der Waals surface area (Å²) in [7, 11) is 3.11. The average molecular weight is 244 g/mol. The highest BCUT2D eigenvalue weighted by atomic mass is 35.5. The fraction of sp³-hybridized carbons (Fsp3) is 0. The zero-order valence-corrected chi connectivity index (χ0v) is 9.36. The van der Waals surface area contributed by atoms with Crippen LogP contribution in [0, 0.1) is 0 Å². The predicted molar refractivity (Wildman–Crippen MR) is 62.4 cm³/mol. The van der Waals surface area contributed by atoms with Gasteiger partial charge in [-0.2, -0.15) is 0 Å². The number of rotatable bonds is 2. The van der Waals surface area contributed by atoms with Crippen molar-refractivity contribution in [2.45, 2.75) is 0 Å². The van der Waals surface area contributed by atoms with Crippen LogP contribution < -0.4 is 4.72 Å². The van der Waals surface area contributed by atoms with Gasteiger partial charge in [0.05, 0.1) is 5.69 Å². The quantitative estimate of drug-likeness (QED) is 0.482. The minimum absolute atomic E-state index is 0.702. The van der Waals surface area contributed by atoms with Gasteiger partial charge in [0.2, 0.25) is 0 Å². The molecule has 0 bridgehead atoms. The van der Waals surface area contributed by atoms with Crippen molar-refractivity contribution in [3.8, 4) is 0 Å². The molecule has 1 aromatic carbocycles. The van der Waals surface area contributed by atoms with Crippen molar-refractivity contribution in [2.75, 3.05) is 0 Å². The molecule has 1 aromatic rings. The lowest BCUT2D eigenvalue weighted by Crippen LogP contribution is -1.91. The van der Waals surface area contributed by atoms with Crippen molar-refractivity contribution in [2.24, 2.45) is 10.2 Å². The van der Waals surface area contributed by atoms with Crippen LogP contribution in [0.5, 0.6) is 0 Å². The molecule has 0 aromatic heterocycles. The monoisotopic (exact) mass is 243 g/mol. The predicted octanol–water partition coefficient (Wildman–Crippen LogP) is 4.12. The molecule has 0 spiro atoms. The van der Waals surface area contributed by atoms with E-state index in [-0.39, 0.29) is 0 Å². The van der Waals surface area contributed by atoms with E-state index in [0.29, 0.717) is 5.02 Å². The van der Waals surface area contributed by atoms with E-state index in [2.05, 4.69) is 15.0 Å². The van der Waals surface area contributed by atoms with E-state index in [0.717, 1.165) is 11.5 Å². The molecule has 1 aliphatic heterocycles. The average Bonchev–Trinajstić information content (AvgIpc) is 2.70. The van der Waals surface area contributed by atoms with Crippen molar-refractivity contribution >= 4 is 39.1 Å². The number of nitrogens with one attached hydrogen (secondary N) is 1. The number of nitrogens with zero attached hydrogens (tertiary/aromatic N) is 2. The Balaban J connectivity index is 2.06. The van der Waals surface area contributed by atoms with Crippen LogP contribution in [-0.2, 0) is 0 Å². The molecule has 1 heterocycles. The van der Waals surface area contributed by atoms with E-state index in [4.69, 9.17) is 11.6 Å². The molecular formula is C8H6ClN3S2. The van der Waals surface area contributed by atoms with Crippen LogP contribution in [0.3, 0.4) is 0 Å². The normalized spacial score (nSPS) is 15.6. The Labute approximate surface area is 94.5 Å². The molecule has 0 saturated heterocycles. The lowest BCUT2D eigenvalue weighted by molar-refractivity contribution is 1.06. The van der Waals surface area contributed by atoms with Crippen LogP contribution in [0.1, 0.15) is 0 Å². The smallest absolute Gasteiger partial charge is 0.166 e. The topological polar surface area (TPSA) is 36.8 Å². The number of halogens is 1. The second kappa shape index (κ2) is 4.72. The van der Waals surface area contributed by atoms with Crippen molar-refractivity contribution < 1.29 is 0 Å². The van der Waals surface area contributed by atoms with Gasteiger partial charge in [0.15, 0.2) is 5.82 Å². The Morgan fingerprint density at radius 2 is 1.93 bits per heavy atom. The van der Waals surface area contributed by atoms with Gasteiger partial charge in [0.25, 0.3) is 0 Å². The standard InChI is InChI=1S/C8H6ClN3S2/c9-6-1-3-7(4-2-6)10-11-8-5-13-14-12-8/h1-5,12H. The molecule has 0 amide bonds. The molecular weight excluding hydrogens is 238 g/mol. The fourth-order valence-electron chi connectivity index (χ4n) is 0.824. The van der Waals surface area contributed by atoms with Crippen molar-refractivity contribution in [3.05, 3.63) is 40.5 Å². The fourth-order valence-corrected chi connectivity index (χ4v) is 2.32. The summed E-state index contributed by atoms with van der Waals surface area (Å²) in [5, 5.41) is 10.7. The first-order valence-corrected chi connectivity index (χ1v) is 6.39. The third-order valence-corrected chi connectivity index (χ3v) is 3.24. The maximum absolute atomic E-state index is 5.74. The zero-order valence-electron chi connectivity index (χ0n) is 6.98. The minimum Gasteiger partial charge on any atom is -0.303 e. The van der Waals surface area contributed by atoms with Gasteiger partial charge in [-0.05, 0) is 35.1 Å². The summed E-state index contributed by atoms with van der Waals surface area (Å²) in [6, 6.07) is 7.22. The molecule has 3 nitrogen and oxygen atoms in total. The van der Waals surface area contributed by atoms with Gasteiger partial charge in [-0.15, -0.1) is 10.2 Å². The van der Waals surface area contributed by atoms with E-state index in [9.17, 15) is 0 Å². The van der Waals surface area contributed by atoms with Crippen LogP contribution in [0.2, 0.25) is 5.02 Å². The summed E-state index contributed by atoms with van der Waals surface area (Å²) in [4.78, 5) is 0. The Morgan fingerprint density at radius 1 is 1.14 bits per heavy atom. The van der Waals surface area contributed by atoms with Gasteiger partial charge in [-0.1, -0.05) is 11.6 Å². The largest absolute Gasteiger partial charge is 0.303 e. The summed E-state index contributed by atoms with van der Waals surface area (Å²) in [6.45, 7) is 0. The summed E-state index contributed by atoms with van der Waals surface area (Å²) >= 11 is 5.74. The van der Waals surface area contributed by atoms with Gasteiger partial charge >= 0.3 is 0 Å². The molecule has 0 fully saturated rings. The van der Waals surface area contributed by atoms with Gasteiger partial charge in [0, 0.05) is 21.4 Å². The number of azo groups is 1. The second-order valence-corrected chi connectivity index (χ2v) is 4.77. The lowest BCUT2D eigenvalue weighted by atomic mass is 10.3. The van der Waals surface area contributed by atoms with Crippen molar-refractivity contribution in [1.82, 2.24) is 4.72 Å². The Bertz CT molecular complexity index is 375. The van der Waals surface area contributed by atoms with E-state index >= 15 is 0 Å². The molecule has 14 heavy (non-hydrogen) atoms. The first-order chi connectivity index (χ1) is 6.84. The lowest BCUT2D eigenvalue weighted by Gasteiger charge is -1.93. The first kappa shape index (κ1) is 9.89. The summed E-state index contributed by atoms with van der Waals surface area (Å²) in [6.07, 6.45) is 0. The third kappa shape index (κ3) is 2.67.